The minimum atomic E-state index is -0.443. The largest absolute Gasteiger partial charge is 0.493 e. The van der Waals surface area contributed by atoms with Crippen LogP contribution in [-0.2, 0) is 0 Å². The summed E-state index contributed by atoms with van der Waals surface area (Å²) < 4.78 is 10.9. The summed E-state index contributed by atoms with van der Waals surface area (Å²) in [4.78, 5) is 10.2. The van der Waals surface area contributed by atoms with Crippen molar-refractivity contribution in [1.29, 1.82) is 0 Å². The first-order valence-corrected chi connectivity index (χ1v) is 7.48. The fourth-order valence-electron chi connectivity index (χ4n) is 1.93. The number of hydrogen-bond donors (Lipinski definition) is 1. The Kier molecular flexibility index (Phi) is 6.13. The fourth-order valence-corrected chi connectivity index (χ4v) is 1.93. The molecule has 0 atom stereocenters. The first-order chi connectivity index (χ1) is 11.6. The van der Waals surface area contributed by atoms with Crippen molar-refractivity contribution in [3.05, 3.63) is 58.1 Å². The highest BCUT2D eigenvalue weighted by Crippen LogP contribution is 2.27. The van der Waals surface area contributed by atoms with E-state index in [1.165, 1.54) is 12.1 Å². The lowest BCUT2D eigenvalue weighted by atomic mass is 10.2. The fraction of sp³-hybridized carbons (Fsp3) is 0.235. The second-order valence-corrected chi connectivity index (χ2v) is 4.93. The molecule has 0 fully saturated rings. The Balaban J connectivity index is 2.01. The predicted octanol–water partition coefficient (Wildman–Crippen LogP) is 3.84. The van der Waals surface area contributed by atoms with E-state index in [0.29, 0.717) is 23.8 Å². The lowest BCUT2D eigenvalue weighted by Crippen LogP contribution is -1.98. The predicted molar refractivity (Wildman–Crippen MR) is 93.1 cm³/mol. The zero-order chi connectivity index (χ0) is 17.4. The van der Waals surface area contributed by atoms with Gasteiger partial charge in [0.1, 0.15) is 0 Å². The lowest BCUT2D eigenvalue weighted by molar-refractivity contribution is -0.384. The number of nitro benzene ring substituents is 1. The zero-order valence-electron chi connectivity index (χ0n) is 13.6. The van der Waals surface area contributed by atoms with Crippen LogP contribution in [-0.4, -0.2) is 24.9 Å². The highest BCUT2D eigenvalue weighted by molar-refractivity contribution is 5.81. The van der Waals surface area contributed by atoms with Crippen LogP contribution in [0.2, 0.25) is 0 Å². The Morgan fingerprint density at radius 1 is 1.21 bits per heavy atom. The average Bonchev–Trinajstić information content (AvgIpc) is 2.60. The van der Waals surface area contributed by atoms with Gasteiger partial charge in [-0.1, -0.05) is 6.92 Å². The summed E-state index contributed by atoms with van der Waals surface area (Å²) in [5.74, 6) is 1.34. The second-order valence-electron chi connectivity index (χ2n) is 4.93. The minimum absolute atomic E-state index is 0.0388. The Morgan fingerprint density at radius 2 is 1.96 bits per heavy atom. The molecule has 1 N–H and O–H groups in total. The molecule has 0 spiro atoms. The Labute approximate surface area is 140 Å². The Bertz CT molecular complexity index is 714. The van der Waals surface area contributed by atoms with Crippen LogP contribution >= 0.6 is 0 Å². The number of ether oxygens (including phenoxy) is 2. The summed E-state index contributed by atoms with van der Waals surface area (Å²) >= 11 is 0. The molecular formula is C17H19N3O4. The van der Waals surface area contributed by atoms with Crippen LogP contribution in [0.3, 0.4) is 0 Å². The van der Waals surface area contributed by atoms with Gasteiger partial charge in [-0.15, -0.1) is 0 Å². The van der Waals surface area contributed by atoms with Gasteiger partial charge in [0.2, 0.25) is 0 Å². The average molecular weight is 329 g/mol. The molecule has 0 aliphatic carbocycles. The molecule has 126 valence electrons. The molecule has 7 heteroatoms. The quantitative estimate of drug-likeness (QED) is 0.452. The smallest absolute Gasteiger partial charge is 0.269 e. The number of rotatable bonds is 8. The van der Waals surface area contributed by atoms with Gasteiger partial charge >= 0.3 is 0 Å². The molecule has 0 saturated heterocycles. The Morgan fingerprint density at radius 3 is 2.58 bits per heavy atom. The normalized spacial score (nSPS) is 10.6. The van der Waals surface area contributed by atoms with E-state index in [1.54, 1.807) is 25.5 Å². The van der Waals surface area contributed by atoms with Gasteiger partial charge in [-0.3, -0.25) is 15.5 Å². The molecule has 0 unspecified atom stereocenters. The SMILES string of the molecule is CCCOc1ccc(/C=N/Nc2ccc([N+](=O)[O-])cc2)cc1OC. The molecule has 2 rings (SSSR count). The molecule has 7 nitrogen and oxygen atoms in total. The number of nitro groups is 1. The molecule has 0 heterocycles. The summed E-state index contributed by atoms with van der Waals surface area (Å²) in [5, 5.41) is 14.7. The van der Waals surface area contributed by atoms with Crippen LogP contribution < -0.4 is 14.9 Å². The van der Waals surface area contributed by atoms with Crippen molar-refractivity contribution in [3.63, 3.8) is 0 Å². The molecule has 0 amide bonds. The topological polar surface area (TPSA) is 86.0 Å². The van der Waals surface area contributed by atoms with Crippen molar-refractivity contribution in [2.45, 2.75) is 13.3 Å². The standard InChI is InChI=1S/C17H19N3O4/c1-3-10-24-16-9-4-13(11-17(16)23-2)12-18-19-14-5-7-15(8-6-14)20(21)22/h4-9,11-12,19H,3,10H2,1-2H3/b18-12+. The number of anilines is 1. The third kappa shape index (κ3) is 4.70. The van der Waals surface area contributed by atoms with Crippen molar-refractivity contribution in [2.24, 2.45) is 5.10 Å². The van der Waals surface area contributed by atoms with Gasteiger partial charge in [-0.05, 0) is 42.3 Å². The third-order valence-corrected chi connectivity index (χ3v) is 3.13. The summed E-state index contributed by atoms with van der Waals surface area (Å²) in [6.07, 6.45) is 2.55. The van der Waals surface area contributed by atoms with Gasteiger partial charge < -0.3 is 9.47 Å². The summed E-state index contributed by atoms with van der Waals surface area (Å²) in [5.41, 5.74) is 4.36. The maximum Gasteiger partial charge on any atom is 0.269 e. The van der Waals surface area contributed by atoms with E-state index in [4.69, 9.17) is 9.47 Å². The van der Waals surface area contributed by atoms with Gasteiger partial charge in [0.25, 0.3) is 5.69 Å². The molecule has 2 aromatic carbocycles. The van der Waals surface area contributed by atoms with Gasteiger partial charge in [0, 0.05) is 12.1 Å². The number of hydrazone groups is 1. The van der Waals surface area contributed by atoms with Gasteiger partial charge in [0.15, 0.2) is 11.5 Å². The maximum atomic E-state index is 10.6. The molecule has 2 aromatic rings. The van der Waals surface area contributed by atoms with Gasteiger partial charge in [0.05, 0.1) is 30.5 Å². The van der Waals surface area contributed by atoms with Crippen LogP contribution in [0.15, 0.2) is 47.6 Å². The summed E-state index contributed by atoms with van der Waals surface area (Å²) in [6.45, 7) is 2.67. The molecular weight excluding hydrogens is 310 g/mol. The number of non-ortho nitro benzene ring substituents is 1. The van der Waals surface area contributed by atoms with Crippen LogP contribution in [0.1, 0.15) is 18.9 Å². The van der Waals surface area contributed by atoms with Crippen molar-refractivity contribution in [2.75, 3.05) is 19.1 Å². The van der Waals surface area contributed by atoms with Crippen molar-refractivity contribution in [1.82, 2.24) is 0 Å². The first kappa shape index (κ1) is 17.3. The number of benzene rings is 2. The number of methoxy groups -OCH3 is 1. The number of hydrogen-bond acceptors (Lipinski definition) is 6. The van der Waals surface area contributed by atoms with E-state index in [-0.39, 0.29) is 5.69 Å². The summed E-state index contributed by atoms with van der Waals surface area (Å²) in [7, 11) is 1.59. The van der Waals surface area contributed by atoms with E-state index in [9.17, 15) is 10.1 Å². The monoisotopic (exact) mass is 329 g/mol. The van der Waals surface area contributed by atoms with E-state index >= 15 is 0 Å². The Hall–Kier alpha value is -3.09. The molecule has 0 aliphatic heterocycles. The van der Waals surface area contributed by atoms with Crippen LogP contribution in [0.4, 0.5) is 11.4 Å². The minimum Gasteiger partial charge on any atom is -0.493 e. The lowest BCUT2D eigenvalue weighted by Gasteiger charge is -2.10. The molecule has 0 aliphatic rings. The molecule has 0 bridgehead atoms. The number of nitrogens with zero attached hydrogens (tertiary/aromatic N) is 2. The van der Waals surface area contributed by atoms with E-state index < -0.39 is 4.92 Å². The highest BCUT2D eigenvalue weighted by Gasteiger charge is 2.05. The van der Waals surface area contributed by atoms with Gasteiger partial charge in [-0.2, -0.15) is 5.10 Å². The van der Waals surface area contributed by atoms with E-state index in [2.05, 4.69) is 10.5 Å². The van der Waals surface area contributed by atoms with Crippen molar-refractivity contribution < 1.29 is 14.4 Å². The highest BCUT2D eigenvalue weighted by atomic mass is 16.6. The number of nitrogens with one attached hydrogen (secondary N) is 1. The third-order valence-electron chi connectivity index (χ3n) is 3.13. The maximum absolute atomic E-state index is 10.6. The zero-order valence-corrected chi connectivity index (χ0v) is 13.6. The molecule has 24 heavy (non-hydrogen) atoms. The van der Waals surface area contributed by atoms with E-state index in [1.807, 2.05) is 25.1 Å². The molecule has 0 aromatic heterocycles. The van der Waals surface area contributed by atoms with Gasteiger partial charge in [-0.25, -0.2) is 0 Å². The summed E-state index contributed by atoms with van der Waals surface area (Å²) in [6, 6.07) is 11.6. The second kappa shape index (κ2) is 8.52. The first-order valence-electron chi connectivity index (χ1n) is 7.48. The van der Waals surface area contributed by atoms with E-state index in [0.717, 1.165) is 12.0 Å². The van der Waals surface area contributed by atoms with Crippen molar-refractivity contribution >= 4 is 17.6 Å². The van der Waals surface area contributed by atoms with Crippen molar-refractivity contribution in [3.8, 4) is 11.5 Å². The van der Waals surface area contributed by atoms with Crippen LogP contribution in [0.25, 0.3) is 0 Å². The molecule has 0 radical (unpaired) electrons. The molecule has 0 saturated carbocycles. The van der Waals surface area contributed by atoms with Crippen LogP contribution in [0.5, 0.6) is 11.5 Å². The van der Waals surface area contributed by atoms with Crippen LogP contribution in [0, 0.1) is 10.1 Å².